The Morgan fingerprint density at radius 2 is 1.74 bits per heavy atom. The Kier molecular flexibility index (Phi) is 7.65. The predicted octanol–water partition coefficient (Wildman–Crippen LogP) is 3.28. The molecular weight excluding hydrogens is 450 g/mol. The number of hydrogen-bond acceptors (Lipinski definition) is 4. The van der Waals surface area contributed by atoms with Gasteiger partial charge in [-0.05, 0) is 37.6 Å². The van der Waals surface area contributed by atoms with Gasteiger partial charge in [-0.1, -0.05) is 48.0 Å². The molecule has 0 bridgehead atoms. The third kappa shape index (κ3) is 5.85. The van der Waals surface area contributed by atoms with Crippen LogP contribution >= 0.6 is 11.6 Å². The van der Waals surface area contributed by atoms with Crippen molar-refractivity contribution in [1.29, 1.82) is 0 Å². The number of piperazine rings is 1. The molecule has 4 rings (SSSR count). The SMILES string of the molecule is Cc1nn(Cc2ccccc2)c(C)c1CNC(=O)CN1CCN(C(=O)c2cccc(Cl)c2)CC1. The molecule has 2 heterocycles. The number of aryl methyl sites for hydroxylation is 1. The number of carbonyl (C=O) groups excluding carboxylic acids is 2. The molecule has 1 saturated heterocycles. The molecule has 1 aliphatic rings. The Labute approximate surface area is 205 Å². The summed E-state index contributed by atoms with van der Waals surface area (Å²) in [4.78, 5) is 29.2. The van der Waals surface area contributed by atoms with E-state index in [0.717, 1.165) is 17.0 Å². The van der Waals surface area contributed by atoms with Crippen molar-refractivity contribution in [2.75, 3.05) is 32.7 Å². The highest BCUT2D eigenvalue weighted by Gasteiger charge is 2.23. The first-order chi connectivity index (χ1) is 16.4. The first-order valence-corrected chi connectivity index (χ1v) is 11.9. The number of amides is 2. The Morgan fingerprint density at radius 3 is 2.44 bits per heavy atom. The molecule has 0 radical (unpaired) electrons. The Bertz CT molecular complexity index is 1150. The Hall–Kier alpha value is -3.16. The van der Waals surface area contributed by atoms with Crippen molar-refractivity contribution in [3.8, 4) is 0 Å². The predicted molar refractivity (Wildman–Crippen MR) is 133 cm³/mol. The number of aromatic nitrogens is 2. The standard InChI is InChI=1S/C26H30ClN5O2/c1-19-24(20(2)32(29-19)17-21-7-4-3-5-8-21)16-28-25(33)18-30-11-13-31(14-12-30)26(34)22-9-6-10-23(27)15-22/h3-10,15H,11-14,16-18H2,1-2H3,(H,28,33). The fourth-order valence-electron chi connectivity index (χ4n) is 4.26. The van der Waals surface area contributed by atoms with E-state index < -0.39 is 0 Å². The first kappa shape index (κ1) is 24.0. The van der Waals surface area contributed by atoms with Gasteiger partial charge in [0.1, 0.15) is 0 Å². The molecule has 0 unspecified atom stereocenters. The van der Waals surface area contributed by atoms with Gasteiger partial charge in [0.2, 0.25) is 5.91 Å². The fraction of sp³-hybridized carbons (Fsp3) is 0.346. The van der Waals surface area contributed by atoms with Crippen LogP contribution in [0.3, 0.4) is 0 Å². The van der Waals surface area contributed by atoms with E-state index in [1.165, 1.54) is 5.56 Å². The van der Waals surface area contributed by atoms with E-state index >= 15 is 0 Å². The number of benzene rings is 2. The van der Waals surface area contributed by atoms with Crippen LogP contribution in [0.1, 0.15) is 32.9 Å². The molecule has 0 aliphatic carbocycles. The van der Waals surface area contributed by atoms with Crippen LogP contribution in [0.15, 0.2) is 54.6 Å². The van der Waals surface area contributed by atoms with E-state index in [4.69, 9.17) is 11.6 Å². The van der Waals surface area contributed by atoms with Gasteiger partial charge in [0.05, 0.1) is 18.8 Å². The van der Waals surface area contributed by atoms with Crippen LogP contribution < -0.4 is 5.32 Å². The summed E-state index contributed by atoms with van der Waals surface area (Å²) in [6.45, 7) is 7.99. The molecule has 0 spiro atoms. The normalized spacial score (nSPS) is 14.3. The zero-order chi connectivity index (χ0) is 24.1. The lowest BCUT2D eigenvalue weighted by atomic mass is 10.2. The van der Waals surface area contributed by atoms with Crippen molar-refractivity contribution in [3.05, 3.63) is 87.7 Å². The molecule has 3 aromatic rings. The molecular formula is C26H30ClN5O2. The summed E-state index contributed by atoms with van der Waals surface area (Å²) in [5.74, 6) is -0.0470. The lowest BCUT2D eigenvalue weighted by Crippen LogP contribution is -2.51. The minimum Gasteiger partial charge on any atom is -0.351 e. The number of nitrogens with zero attached hydrogens (tertiary/aromatic N) is 4. The highest BCUT2D eigenvalue weighted by atomic mass is 35.5. The van der Waals surface area contributed by atoms with E-state index in [-0.39, 0.29) is 11.8 Å². The zero-order valence-electron chi connectivity index (χ0n) is 19.6. The number of carbonyl (C=O) groups is 2. The highest BCUT2D eigenvalue weighted by molar-refractivity contribution is 6.30. The smallest absolute Gasteiger partial charge is 0.253 e. The van der Waals surface area contributed by atoms with Gasteiger partial charge < -0.3 is 10.2 Å². The maximum absolute atomic E-state index is 12.7. The fourth-order valence-corrected chi connectivity index (χ4v) is 4.45. The monoisotopic (exact) mass is 479 g/mol. The summed E-state index contributed by atoms with van der Waals surface area (Å²) < 4.78 is 1.99. The maximum atomic E-state index is 12.7. The summed E-state index contributed by atoms with van der Waals surface area (Å²) in [5.41, 5.74) is 4.84. The van der Waals surface area contributed by atoms with Crippen molar-refractivity contribution >= 4 is 23.4 Å². The lowest BCUT2D eigenvalue weighted by Gasteiger charge is -2.34. The van der Waals surface area contributed by atoms with Gasteiger partial charge in [-0.2, -0.15) is 5.10 Å². The molecule has 1 fully saturated rings. The summed E-state index contributed by atoms with van der Waals surface area (Å²) in [7, 11) is 0. The second-order valence-corrected chi connectivity index (χ2v) is 9.08. The average molecular weight is 480 g/mol. The number of rotatable bonds is 7. The van der Waals surface area contributed by atoms with Gasteiger partial charge in [-0.15, -0.1) is 0 Å². The Balaban J connectivity index is 1.25. The van der Waals surface area contributed by atoms with E-state index in [9.17, 15) is 9.59 Å². The van der Waals surface area contributed by atoms with Crippen LogP contribution in [0.25, 0.3) is 0 Å². The largest absolute Gasteiger partial charge is 0.351 e. The van der Waals surface area contributed by atoms with Crippen LogP contribution in [0, 0.1) is 13.8 Å². The van der Waals surface area contributed by atoms with Crippen LogP contribution in [0.2, 0.25) is 5.02 Å². The van der Waals surface area contributed by atoms with Crippen molar-refractivity contribution < 1.29 is 9.59 Å². The van der Waals surface area contributed by atoms with Gasteiger partial charge in [0.25, 0.3) is 5.91 Å². The van der Waals surface area contributed by atoms with Gasteiger partial charge in [0, 0.05) is 54.6 Å². The van der Waals surface area contributed by atoms with Gasteiger partial charge in [-0.25, -0.2) is 0 Å². The van der Waals surface area contributed by atoms with Crippen LogP contribution in [-0.4, -0.2) is 64.1 Å². The third-order valence-corrected chi connectivity index (χ3v) is 6.50. The highest BCUT2D eigenvalue weighted by Crippen LogP contribution is 2.16. The van der Waals surface area contributed by atoms with E-state index in [0.29, 0.717) is 56.4 Å². The van der Waals surface area contributed by atoms with Crippen molar-refractivity contribution in [2.24, 2.45) is 0 Å². The third-order valence-electron chi connectivity index (χ3n) is 6.27. The zero-order valence-corrected chi connectivity index (χ0v) is 20.4. The molecule has 2 amide bonds. The van der Waals surface area contributed by atoms with Crippen molar-refractivity contribution in [1.82, 2.24) is 24.9 Å². The molecule has 178 valence electrons. The van der Waals surface area contributed by atoms with Crippen LogP contribution in [0.5, 0.6) is 0 Å². The molecule has 34 heavy (non-hydrogen) atoms. The van der Waals surface area contributed by atoms with Gasteiger partial charge in [-0.3, -0.25) is 19.2 Å². The summed E-state index contributed by atoms with van der Waals surface area (Å²) in [6.07, 6.45) is 0. The van der Waals surface area contributed by atoms with Gasteiger partial charge >= 0.3 is 0 Å². The molecule has 1 N–H and O–H groups in total. The summed E-state index contributed by atoms with van der Waals surface area (Å²) in [5, 5.41) is 8.26. The molecule has 8 heteroatoms. The molecule has 2 aromatic carbocycles. The number of halogens is 1. The lowest BCUT2D eigenvalue weighted by molar-refractivity contribution is -0.122. The minimum atomic E-state index is -0.0239. The van der Waals surface area contributed by atoms with Crippen LogP contribution in [-0.2, 0) is 17.9 Å². The second kappa shape index (κ2) is 10.8. The topological polar surface area (TPSA) is 70.5 Å². The summed E-state index contributed by atoms with van der Waals surface area (Å²) >= 11 is 6.01. The average Bonchev–Trinajstić information content (AvgIpc) is 3.10. The molecule has 0 atom stereocenters. The minimum absolute atomic E-state index is 0.0231. The summed E-state index contributed by atoms with van der Waals surface area (Å²) in [6, 6.07) is 17.2. The maximum Gasteiger partial charge on any atom is 0.253 e. The molecule has 1 aromatic heterocycles. The molecule has 1 aliphatic heterocycles. The van der Waals surface area contributed by atoms with E-state index in [2.05, 4.69) is 27.4 Å². The van der Waals surface area contributed by atoms with Crippen molar-refractivity contribution in [3.63, 3.8) is 0 Å². The van der Waals surface area contributed by atoms with E-state index in [1.54, 1.807) is 24.3 Å². The molecule has 7 nitrogen and oxygen atoms in total. The number of hydrogen-bond donors (Lipinski definition) is 1. The van der Waals surface area contributed by atoms with Crippen LogP contribution in [0.4, 0.5) is 0 Å². The van der Waals surface area contributed by atoms with E-state index in [1.807, 2.05) is 41.6 Å². The van der Waals surface area contributed by atoms with Crippen molar-refractivity contribution in [2.45, 2.75) is 26.9 Å². The molecule has 0 saturated carbocycles. The quantitative estimate of drug-likeness (QED) is 0.564. The van der Waals surface area contributed by atoms with Gasteiger partial charge in [0.15, 0.2) is 0 Å². The number of nitrogens with one attached hydrogen (secondary N) is 1. The Morgan fingerprint density at radius 1 is 1.00 bits per heavy atom. The second-order valence-electron chi connectivity index (χ2n) is 8.65. The first-order valence-electron chi connectivity index (χ1n) is 11.5.